The van der Waals surface area contributed by atoms with Gasteiger partial charge < -0.3 is 25.0 Å². The molecule has 216 valence electrons. The van der Waals surface area contributed by atoms with E-state index in [1.54, 1.807) is 11.0 Å². The van der Waals surface area contributed by atoms with Crippen LogP contribution in [0.4, 0.5) is 0 Å². The number of likely N-dealkylation sites (tertiary alicyclic amines) is 1. The van der Waals surface area contributed by atoms with E-state index in [1.165, 1.54) is 35.4 Å². The van der Waals surface area contributed by atoms with Crippen LogP contribution in [0.15, 0.2) is 47.4 Å². The van der Waals surface area contributed by atoms with Gasteiger partial charge in [0.25, 0.3) is 5.91 Å². The van der Waals surface area contributed by atoms with Gasteiger partial charge in [-0.3, -0.25) is 4.79 Å². The second-order valence-electron chi connectivity index (χ2n) is 12.4. The van der Waals surface area contributed by atoms with Gasteiger partial charge in [0.05, 0.1) is 23.1 Å². The number of primary sulfonamides is 1. The van der Waals surface area contributed by atoms with E-state index < -0.39 is 34.6 Å². The summed E-state index contributed by atoms with van der Waals surface area (Å²) in [5, 5.41) is 37.7. The minimum Gasteiger partial charge on any atom is -0.508 e. The van der Waals surface area contributed by atoms with Crippen molar-refractivity contribution < 1.29 is 33.3 Å². The molecular formula is C30H38N2O7S. The fourth-order valence-electron chi connectivity index (χ4n) is 8.32. The number of fused-ring (bicyclic) bond motifs is 5. The standard InChI is InChI=1S/C30H38N2O7S/c1-30-13-12-22-21-11-7-19(33)15-18(21)6-10-23(22)24(30)16-26(34)27(30)39-29(36)25-3-2-14-32(25)28(35)17-4-8-20(9-5-17)40(31,37)38/h4-5,7-9,11,15,22-27,29,33-34,36H,2-3,6,10,12-14,16H2,1H3,(H2,31,37,38)/t22?,23?,24?,25-,26+,27-,29?,30-/m0/s1. The van der Waals surface area contributed by atoms with Crippen molar-refractivity contribution >= 4 is 15.9 Å². The van der Waals surface area contributed by atoms with Crippen LogP contribution in [-0.4, -0.2) is 65.6 Å². The molecule has 6 rings (SSSR count). The Hall–Kier alpha value is -2.50. The second kappa shape index (κ2) is 10.1. The Balaban J connectivity index is 1.17. The largest absolute Gasteiger partial charge is 0.508 e. The monoisotopic (exact) mass is 570 g/mol. The normalized spacial score (nSPS) is 34.1. The van der Waals surface area contributed by atoms with E-state index >= 15 is 0 Å². The number of hydrogen-bond acceptors (Lipinski definition) is 7. The van der Waals surface area contributed by atoms with E-state index in [0.717, 1.165) is 25.7 Å². The number of aromatic hydroxyl groups is 1. The third-order valence-electron chi connectivity index (χ3n) is 10.2. The van der Waals surface area contributed by atoms with Crippen molar-refractivity contribution in [3.8, 4) is 5.75 Å². The highest BCUT2D eigenvalue weighted by atomic mass is 32.2. The van der Waals surface area contributed by atoms with Gasteiger partial charge in [-0.15, -0.1) is 0 Å². The number of nitrogens with zero attached hydrogens (tertiary/aromatic N) is 1. The number of ether oxygens (including phenoxy) is 1. The number of carbonyl (C=O) groups is 1. The van der Waals surface area contributed by atoms with Gasteiger partial charge in [0.15, 0.2) is 6.29 Å². The first kappa shape index (κ1) is 27.7. The maximum absolute atomic E-state index is 13.3. The van der Waals surface area contributed by atoms with Gasteiger partial charge in [-0.25, -0.2) is 13.6 Å². The number of phenolic OH excluding ortho intramolecular Hbond substituents is 1. The SMILES string of the molecule is C[C@]12CCC3c4ccc(O)cc4CCC3C1C[C@@H](O)[C@@H]2OC(O)[C@@H]1CCCN1C(=O)c1ccc(S(N)(=O)=O)cc1. The van der Waals surface area contributed by atoms with Gasteiger partial charge in [0, 0.05) is 12.1 Å². The molecular weight excluding hydrogens is 532 g/mol. The number of benzene rings is 2. The summed E-state index contributed by atoms with van der Waals surface area (Å²) in [6, 6.07) is 10.6. The summed E-state index contributed by atoms with van der Waals surface area (Å²) in [6.45, 7) is 2.63. The predicted molar refractivity (Wildman–Crippen MR) is 147 cm³/mol. The number of aliphatic hydroxyl groups is 2. The average Bonchev–Trinajstić information content (AvgIpc) is 3.51. The first-order valence-corrected chi connectivity index (χ1v) is 15.8. The van der Waals surface area contributed by atoms with Gasteiger partial charge >= 0.3 is 0 Å². The highest BCUT2D eigenvalue weighted by molar-refractivity contribution is 7.89. The van der Waals surface area contributed by atoms with Crippen molar-refractivity contribution in [3.05, 3.63) is 59.2 Å². The van der Waals surface area contributed by atoms with E-state index in [-0.39, 0.29) is 22.1 Å². The molecule has 10 heteroatoms. The molecule has 4 aliphatic rings. The molecule has 1 heterocycles. The number of rotatable bonds is 5. The van der Waals surface area contributed by atoms with Gasteiger partial charge in [0.1, 0.15) is 5.75 Å². The van der Waals surface area contributed by atoms with E-state index in [9.17, 15) is 28.5 Å². The Morgan fingerprint density at radius 1 is 1.15 bits per heavy atom. The molecule has 2 aromatic rings. The summed E-state index contributed by atoms with van der Waals surface area (Å²) in [6.07, 6.45) is 3.11. The Bertz CT molecular complexity index is 1400. The molecule has 0 aromatic heterocycles. The third-order valence-corrected chi connectivity index (χ3v) is 11.2. The van der Waals surface area contributed by atoms with Crippen LogP contribution in [0, 0.1) is 17.3 Å². The molecule has 1 saturated heterocycles. The number of aliphatic hydroxyl groups excluding tert-OH is 2. The number of nitrogens with two attached hydrogens (primary N) is 1. The molecule has 3 aliphatic carbocycles. The lowest BCUT2D eigenvalue weighted by Crippen LogP contribution is -2.50. The zero-order valence-electron chi connectivity index (χ0n) is 22.6. The minimum atomic E-state index is -3.87. The number of aryl methyl sites for hydroxylation is 1. The molecule has 0 spiro atoms. The first-order chi connectivity index (χ1) is 19.0. The maximum Gasteiger partial charge on any atom is 0.254 e. The highest BCUT2D eigenvalue weighted by Gasteiger charge is 2.59. The summed E-state index contributed by atoms with van der Waals surface area (Å²) in [4.78, 5) is 14.8. The molecule has 0 bridgehead atoms. The lowest BCUT2D eigenvalue weighted by atomic mass is 9.55. The van der Waals surface area contributed by atoms with Crippen molar-refractivity contribution in [3.63, 3.8) is 0 Å². The van der Waals surface area contributed by atoms with Crippen LogP contribution in [0.5, 0.6) is 5.75 Å². The Kier molecular flexibility index (Phi) is 6.98. The van der Waals surface area contributed by atoms with Gasteiger partial charge in [-0.2, -0.15) is 0 Å². The van der Waals surface area contributed by atoms with Crippen LogP contribution < -0.4 is 5.14 Å². The van der Waals surface area contributed by atoms with Gasteiger partial charge in [-0.1, -0.05) is 13.0 Å². The molecule has 2 aromatic carbocycles. The molecule has 2 saturated carbocycles. The first-order valence-electron chi connectivity index (χ1n) is 14.2. The summed E-state index contributed by atoms with van der Waals surface area (Å²) < 4.78 is 29.5. The number of carbonyl (C=O) groups excluding carboxylic acids is 1. The quantitative estimate of drug-likeness (QED) is 0.404. The topological polar surface area (TPSA) is 150 Å². The number of sulfonamides is 1. The van der Waals surface area contributed by atoms with Crippen LogP contribution in [-0.2, 0) is 21.2 Å². The van der Waals surface area contributed by atoms with Gasteiger partial charge in [0.2, 0.25) is 10.0 Å². The van der Waals surface area contributed by atoms with Crippen molar-refractivity contribution in [1.82, 2.24) is 4.90 Å². The minimum absolute atomic E-state index is 0.0715. The smallest absolute Gasteiger partial charge is 0.254 e. The van der Waals surface area contributed by atoms with Crippen LogP contribution in [0.3, 0.4) is 0 Å². The Labute approximate surface area is 235 Å². The van der Waals surface area contributed by atoms with E-state index in [2.05, 4.69) is 13.0 Å². The van der Waals surface area contributed by atoms with Crippen molar-refractivity contribution in [1.29, 1.82) is 0 Å². The van der Waals surface area contributed by atoms with Gasteiger partial charge in [-0.05, 0) is 116 Å². The molecule has 5 N–H and O–H groups in total. The Morgan fingerprint density at radius 2 is 1.90 bits per heavy atom. The third kappa shape index (κ3) is 4.63. The maximum atomic E-state index is 13.3. The fraction of sp³-hybridized carbons (Fsp3) is 0.567. The molecule has 9 nitrogen and oxygen atoms in total. The number of hydrogen-bond donors (Lipinski definition) is 4. The molecule has 4 unspecified atom stereocenters. The van der Waals surface area contributed by atoms with E-state index in [4.69, 9.17) is 9.88 Å². The lowest BCUT2D eigenvalue weighted by molar-refractivity contribution is -0.210. The zero-order valence-corrected chi connectivity index (χ0v) is 23.5. The zero-order chi connectivity index (χ0) is 28.4. The molecule has 1 amide bonds. The molecule has 40 heavy (non-hydrogen) atoms. The molecule has 8 atom stereocenters. The number of phenols is 1. The van der Waals surface area contributed by atoms with E-state index in [0.29, 0.717) is 49.0 Å². The molecule has 0 radical (unpaired) electrons. The van der Waals surface area contributed by atoms with Crippen LogP contribution in [0.25, 0.3) is 0 Å². The van der Waals surface area contributed by atoms with Crippen molar-refractivity contribution in [2.24, 2.45) is 22.4 Å². The van der Waals surface area contributed by atoms with Crippen LogP contribution in [0.1, 0.15) is 72.9 Å². The van der Waals surface area contributed by atoms with Crippen molar-refractivity contribution in [2.45, 2.75) is 87.2 Å². The van der Waals surface area contributed by atoms with Crippen LogP contribution in [0.2, 0.25) is 0 Å². The molecule has 1 aliphatic heterocycles. The van der Waals surface area contributed by atoms with Crippen molar-refractivity contribution in [2.75, 3.05) is 6.54 Å². The average molecular weight is 571 g/mol. The molecule has 3 fully saturated rings. The number of amides is 1. The highest BCUT2D eigenvalue weighted by Crippen LogP contribution is 2.61. The summed E-state index contributed by atoms with van der Waals surface area (Å²) >= 11 is 0. The van der Waals surface area contributed by atoms with E-state index in [1.807, 2.05) is 6.07 Å². The van der Waals surface area contributed by atoms with Crippen LogP contribution >= 0.6 is 0 Å². The Morgan fingerprint density at radius 3 is 2.62 bits per heavy atom. The second-order valence-corrected chi connectivity index (χ2v) is 13.9. The predicted octanol–water partition coefficient (Wildman–Crippen LogP) is 2.87. The summed E-state index contributed by atoms with van der Waals surface area (Å²) in [5.41, 5.74) is 2.54. The fourth-order valence-corrected chi connectivity index (χ4v) is 8.83. The lowest BCUT2D eigenvalue weighted by Gasteiger charge is -2.50. The summed E-state index contributed by atoms with van der Waals surface area (Å²) in [7, 11) is -3.87. The summed E-state index contributed by atoms with van der Waals surface area (Å²) in [5.74, 6) is 1.04.